The Morgan fingerprint density at radius 2 is 1.96 bits per heavy atom. The summed E-state index contributed by atoms with van der Waals surface area (Å²) in [6.45, 7) is 6.04. The second-order valence-electron chi connectivity index (χ2n) is 5.13. The highest BCUT2D eigenvalue weighted by Crippen LogP contribution is 2.34. The number of amides is 2. The summed E-state index contributed by atoms with van der Waals surface area (Å²) in [7, 11) is 1.54. The number of esters is 1. The van der Waals surface area contributed by atoms with Crippen LogP contribution in [0.3, 0.4) is 0 Å². The smallest absolute Gasteiger partial charge is 0.338 e. The van der Waals surface area contributed by atoms with Crippen LogP contribution < -0.4 is 20.1 Å². The number of hydrogen-bond acceptors (Lipinski definition) is 5. The lowest BCUT2D eigenvalue weighted by Gasteiger charge is -2.28. The molecule has 0 aliphatic carbocycles. The van der Waals surface area contributed by atoms with E-state index >= 15 is 0 Å². The maximum absolute atomic E-state index is 12.3. The summed E-state index contributed by atoms with van der Waals surface area (Å²) in [5.74, 6) is 0.658. The SMILES string of the molecule is CCOC(=O)C1=C(C)NC(=O)N[C@H]1c1ccc(OCC)c(OC)c1. The molecule has 7 heteroatoms. The van der Waals surface area contributed by atoms with E-state index in [-0.39, 0.29) is 12.6 Å². The maximum Gasteiger partial charge on any atom is 0.338 e. The van der Waals surface area contributed by atoms with Crippen LogP contribution in [0.25, 0.3) is 0 Å². The van der Waals surface area contributed by atoms with Crippen molar-refractivity contribution in [2.24, 2.45) is 0 Å². The molecule has 0 radical (unpaired) electrons. The van der Waals surface area contributed by atoms with Crippen molar-refractivity contribution in [2.75, 3.05) is 20.3 Å². The van der Waals surface area contributed by atoms with E-state index in [4.69, 9.17) is 14.2 Å². The number of ether oxygens (including phenoxy) is 3. The zero-order valence-electron chi connectivity index (χ0n) is 14.3. The summed E-state index contributed by atoms with van der Waals surface area (Å²) in [5.41, 5.74) is 1.53. The van der Waals surface area contributed by atoms with Gasteiger partial charge in [0.25, 0.3) is 0 Å². The molecule has 0 saturated heterocycles. The predicted molar refractivity (Wildman–Crippen MR) is 87.9 cm³/mol. The van der Waals surface area contributed by atoms with E-state index in [0.29, 0.717) is 34.9 Å². The van der Waals surface area contributed by atoms with E-state index in [2.05, 4.69) is 10.6 Å². The Kier molecular flexibility index (Phi) is 5.68. The minimum Gasteiger partial charge on any atom is -0.493 e. The topological polar surface area (TPSA) is 85.9 Å². The Balaban J connectivity index is 2.45. The fraction of sp³-hybridized carbons (Fsp3) is 0.412. The lowest BCUT2D eigenvalue weighted by molar-refractivity contribution is -0.139. The van der Waals surface area contributed by atoms with Gasteiger partial charge in [-0.3, -0.25) is 0 Å². The molecular formula is C17H22N2O5. The van der Waals surface area contributed by atoms with Crippen molar-refractivity contribution < 1.29 is 23.8 Å². The van der Waals surface area contributed by atoms with Crippen molar-refractivity contribution in [3.8, 4) is 11.5 Å². The second-order valence-corrected chi connectivity index (χ2v) is 5.13. The summed E-state index contributed by atoms with van der Waals surface area (Å²) in [5, 5.41) is 5.35. The fourth-order valence-corrected chi connectivity index (χ4v) is 2.56. The number of urea groups is 1. The number of carbonyl (C=O) groups is 2. The number of methoxy groups -OCH3 is 1. The minimum absolute atomic E-state index is 0.253. The van der Waals surface area contributed by atoms with E-state index in [0.717, 1.165) is 0 Å². The Morgan fingerprint density at radius 1 is 1.21 bits per heavy atom. The summed E-state index contributed by atoms with van der Waals surface area (Å²) in [6, 6.07) is 4.29. The summed E-state index contributed by atoms with van der Waals surface area (Å²) < 4.78 is 16.0. The third-order valence-electron chi connectivity index (χ3n) is 3.59. The molecule has 1 aromatic carbocycles. The van der Waals surface area contributed by atoms with Crippen molar-refractivity contribution in [3.63, 3.8) is 0 Å². The molecule has 2 rings (SSSR count). The van der Waals surface area contributed by atoms with Crippen molar-refractivity contribution in [2.45, 2.75) is 26.8 Å². The number of allylic oxidation sites excluding steroid dienone is 1. The van der Waals surface area contributed by atoms with Crippen molar-refractivity contribution in [1.82, 2.24) is 10.6 Å². The Hall–Kier alpha value is -2.70. The molecule has 0 fully saturated rings. The van der Waals surface area contributed by atoms with Crippen LogP contribution in [0, 0.1) is 0 Å². The van der Waals surface area contributed by atoms with E-state index in [1.54, 1.807) is 32.0 Å². The Labute approximate surface area is 141 Å². The van der Waals surface area contributed by atoms with Gasteiger partial charge in [-0.1, -0.05) is 6.07 Å². The molecule has 2 N–H and O–H groups in total. The van der Waals surface area contributed by atoms with Crippen LogP contribution in [0.5, 0.6) is 11.5 Å². The number of benzene rings is 1. The first-order chi connectivity index (χ1) is 11.5. The summed E-state index contributed by atoms with van der Waals surface area (Å²) in [4.78, 5) is 24.1. The molecule has 0 spiro atoms. The highest BCUT2D eigenvalue weighted by Gasteiger charge is 2.32. The molecule has 1 aliphatic heterocycles. The van der Waals surface area contributed by atoms with Crippen molar-refractivity contribution in [3.05, 3.63) is 35.0 Å². The highest BCUT2D eigenvalue weighted by molar-refractivity contribution is 5.95. The number of hydrogen-bond donors (Lipinski definition) is 2. The predicted octanol–water partition coefficient (Wildman–Crippen LogP) is 2.28. The first kappa shape index (κ1) is 17.7. The Bertz CT molecular complexity index is 669. The number of rotatable bonds is 6. The van der Waals surface area contributed by atoms with Gasteiger partial charge in [0, 0.05) is 5.70 Å². The van der Waals surface area contributed by atoms with E-state index in [1.165, 1.54) is 7.11 Å². The fourth-order valence-electron chi connectivity index (χ4n) is 2.56. The zero-order chi connectivity index (χ0) is 17.7. The van der Waals surface area contributed by atoms with Gasteiger partial charge in [0.05, 0.1) is 31.9 Å². The Morgan fingerprint density at radius 3 is 2.58 bits per heavy atom. The molecule has 0 saturated carbocycles. The largest absolute Gasteiger partial charge is 0.493 e. The molecule has 1 aliphatic rings. The van der Waals surface area contributed by atoms with Gasteiger partial charge in [-0.25, -0.2) is 9.59 Å². The molecule has 24 heavy (non-hydrogen) atoms. The molecule has 1 aromatic rings. The molecule has 2 amide bonds. The molecule has 0 bridgehead atoms. The molecular weight excluding hydrogens is 312 g/mol. The van der Waals surface area contributed by atoms with Gasteiger partial charge in [0.2, 0.25) is 0 Å². The van der Waals surface area contributed by atoms with E-state index < -0.39 is 12.0 Å². The van der Waals surface area contributed by atoms with Gasteiger partial charge in [-0.05, 0) is 38.5 Å². The van der Waals surface area contributed by atoms with Crippen LogP contribution in [0.4, 0.5) is 4.79 Å². The van der Waals surface area contributed by atoms with Crippen LogP contribution >= 0.6 is 0 Å². The van der Waals surface area contributed by atoms with Crippen LogP contribution in [-0.2, 0) is 9.53 Å². The third-order valence-corrected chi connectivity index (χ3v) is 3.59. The molecule has 1 heterocycles. The van der Waals surface area contributed by atoms with Crippen molar-refractivity contribution >= 4 is 12.0 Å². The second kappa shape index (κ2) is 7.72. The molecule has 0 unspecified atom stereocenters. The average molecular weight is 334 g/mol. The third kappa shape index (κ3) is 3.61. The average Bonchev–Trinajstić information content (AvgIpc) is 2.54. The summed E-state index contributed by atoms with van der Waals surface area (Å²) >= 11 is 0. The van der Waals surface area contributed by atoms with E-state index in [9.17, 15) is 9.59 Å². The normalized spacial score (nSPS) is 17.0. The van der Waals surface area contributed by atoms with Crippen LogP contribution in [-0.4, -0.2) is 32.3 Å². The monoisotopic (exact) mass is 334 g/mol. The van der Waals surface area contributed by atoms with Crippen molar-refractivity contribution in [1.29, 1.82) is 0 Å². The van der Waals surface area contributed by atoms with Crippen LogP contribution in [0.2, 0.25) is 0 Å². The molecule has 1 atom stereocenters. The van der Waals surface area contributed by atoms with Gasteiger partial charge in [0.1, 0.15) is 0 Å². The quantitative estimate of drug-likeness (QED) is 0.780. The highest BCUT2D eigenvalue weighted by atomic mass is 16.5. The molecule has 130 valence electrons. The van der Waals surface area contributed by atoms with Gasteiger partial charge in [0.15, 0.2) is 11.5 Å². The minimum atomic E-state index is -0.623. The van der Waals surface area contributed by atoms with Gasteiger partial charge < -0.3 is 24.8 Å². The first-order valence-corrected chi connectivity index (χ1v) is 7.77. The lowest BCUT2D eigenvalue weighted by Crippen LogP contribution is -2.45. The first-order valence-electron chi connectivity index (χ1n) is 7.77. The van der Waals surface area contributed by atoms with Crippen LogP contribution in [0.1, 0.15) is 32.4 Å². The summed E-state index contributed by atoms with van der Waals surface area (Å²) in [6.07, 6.45) is 0. The van der Waals surface area contributed by atoms with Gasteiger partial charge in [-0.15, -0.1) is 0 Å². The molecule has 0 aromatic heterocycles. The lowest BCUT2D eigenvalue weighted by atomic mass is 9.95. The van der Waals surface area contributed by atoms with E-state index in [1.807, 2.05) is 6.92 Å². The number of carbonyl (C=O) groups excluding carboxylic acids is 2. The molecule has 7 nitrogen and oxygen atoms in total. The zero-order valence-corrected chi connectivity index (χ0v) is 14.3. The van der Waals surface area contributed by atoms with Gasteiger partial charge >= 0.3 is 12.0 Å². The van der Waals surface area contributed by atoms with Crippen LogP contribution in [0.15, 0.2) is 29.5 Å². The standard InChI is InChI=1S/C17H22N2O5/c1-5-23-12-8-7-11(9-13(12)22-4)15-14(16(20)24-6-2)10(3)18-17(21)19-15/h7-9,15H,5-6H2,1-4H3,(H2,18,19,21)/t15-/m0/s1. The number of nitrogens with one attached hydrogen (secondary N) is 2. The maximum atomic E-state index is 12.3. The van der Waals surface area contributed by atoms with Gasteiger partial charge in [-0.2, -0.15) is 0 Å².